The van der Waals surface area contributed by atoms with Crippen LogP contribution in [-0.2, 0) is 16.4 Å². The van der Waals surface area contributed by atoms with Gasteiger partial charge in [0.2, 0.25) is 10.0 Å². The number of thiazole rings is 1. The lowest BCUT2D eigenvalue weighted by Gasteiger charge is -2.02. The summed E-state index contributed by atoms with van der Waals surface area (Å²) < 4.78 is 37.8. The number of aromatic nitrogens is 1. The number of aryl methyl sites for hydroxylation is 1. The van der Waals surface area contributed by atoms with Crippen molar-refractivity contribution in [2.45, 2.75) is 13.3 Å². The van der Waals surface area contributed by atoms with E-state index in [1.807, 2.05) is 6.92 Å². The van der Waals surface area contributed by atoms with Crippen molar-refractivity contribution in [1.82, 2.24) is 9.71 Å². The third-order valence-corrected chi connectivity index (χ3v) is 5.86. The van der Waals surface area contributed by atoms with Crippen LogP contribution < -0.4 is 4.72 Å². The van der Waals surface area contributed by atoms with E-state index in [0.717, 1.165) is 21.1 Å². The first-order valence-corrected chi connectivity index (χ1v) is 9.17. The number of nitrogens with one attached hydrogen (secondary N) is 1. The predicted octanol–water partition coefficient (Wildman–Crippen LogP) is 2.92. The topological polar surface area (TPSA) is 59.1 Å². The van der Waals surface area contributed by atoms with Gasteiger partial charge in [0.05, 0.1) is 5.69 Å². The van der Waals surface area contributed by atoms with E-state index in [2.05, 4.69) is 9.71 Å². The van der Waals surface area contributed by atoms with Gasteiger partial charge < -0.3 is 0 Å². The Kier molecular flexibility index (Phi) is 5.32. The molecule has 1 aromatic heterocycles. The first-order chi connectivity index (χ1) is 9.91. The van der Waals surface area contributed by atoms with Gasteiger partial charge in [-0.15, -0.1) is 22.9 Å². The highest BCUT2D eigenvalue weighted by molar-refractivity contribution is 7.90. The summed E-state index contributed by atoms with van der Waals surface area (Å²) in [6, 6.07) is 6.13. The first-order valence-electron chi connectivity index (χ1n) is 6.17. The fraction of sp³-hybridized carbons (Fsp3) is 0.308. The molecule has 0 unspecified atom stereocenters. The standard InChI is InChI=1S/C13H14ClFN2O2S2/c1-9-12(6-7-16-21(18,19)8-14)20-13(17-9)10-2-4-11(15)5-3-10/h2-5,16H,6-8H2,1H3. The molecule has 0 saturated heterocycles. The number of rotatable bonds is 6. The summed E-state index contributed by atoms with van der Waals surface area (Å²) in [7, 11) is -3.39. The highest BCUT2D eigenvalue weighted by Gasteiger charge is 2.11. The molecule has 4 nitrogen and oxygen atoms in total. The number of halogens is 2. The normalized spacial score (nSPS) is 11.8. The molecule has 1 aromatic carbocycles. The lowest BCUT2D eigenvalue weighted by molar-refractivity contribution is 0.586. The Bertz CT molecular complexity index is 714. The Morgan fingerprint density at radius 2 is 2.00 bits per heavy atom. The van der Waals surface area contributed by atoms with Crippen LogP contribution in [-0.4, -0.2) is 25.2 Å². The van der Waals surface area contributed by atoms with E-state index < -0.39 is 15.2 Å². The number of hydrogen-bond acceptors (Lipinski definition) is 4. The van der Waals surface area contributed by atoms with Crippen LogP contribution in [0.4, 0.5) is 4.39 Å². The van der Waals surface area contributed by atoms with Gasteiger partial charge >= 0.3 is 0 Å². The van der Waals surface area contributed by atoms with Gasteiger partial charge in [-0.05, 0) is 37.6 Å². The summed E-state index contributed by atoms with van der Waals surface area (Å²) in [6.07, 6.45) is 0.542. The van der Waals surface area contributed by atoms with E-state index in [9.17, 15) is 12.8 Å². The maximum atomic E-state index is 12.9. The maximum absolute atomic E-state index is 12.9. The molecule has 0 bridgehead atoms. The van der Waals surface area contributed by atoms with Crippen LogP contribution in [0.25, 0.3) is 10.6 Å². The second-order valence-corrected chi connectivity index (χ2v) is 7.88. The zero-order chi connectivity index (χ0) is 15.5. The number of benzene rings is 1. The highest BCUT2D eigenvalue weighted by atomic mass is 35.5. The first kappa shape index (κ1) is 16.4. The third kappa shape index (κ3) is 4.47. The van der Waals surface area contributed by atoms with E-state index in [1.54, 1.807) is 12.1 Å². The number of sulfonamides is 1. The summed E-state index contributed by atoms with van der Waals surface area (Å²) in [4.78, 5) is 5.43. The van der Waals surface area contributed by atoms with Gasteiger partial charge in [-0.25, -0.2) is 22.5 Å². The molecule has 21 heavy (non-hydrogen) atoms. The van der Waals surface area contributed by atoms with Gasteiger partial charge in [0.15, 0.2) is 0 Å². The molecule has 0 fully saturated rings. The minimum Gasteiger partial charge on any atom is -0.241 e. The second-order valence-electron chi connectivity index (χ2n) is 4.40. The average molecular weight is 349 g/mol. The van der Waals surface area contributed by atoms with Crippen LogP contribution >= 0.6 is 22.9 Å². The van der Waals surface area contributed by atoms with Crippen molar-refractivity contribution >= 4 is 33.0 Å². The molecule has 0 amide bonds. The fourth-order valence-electron chi connectivity index (χ4n) is 1.73. The molecule has 2 aromatic rings. The molecule has 0 aliphatic rings. The van der Waals surface area contributed by atoms with Crippen molar-refractivity contribution in [1.29, 1.82) is 0 Å². The van der Waals surface area contributed by atoms with Gasteiger partial charge in [-0.3, -0.25) is 0 Å². The van der Waals surface area contributed by atoms with Gasteiger partial charge in [0, 0.05) is 17.0 Å². The molecule has 0 radical (unpaired) electrons. The number of alkyl halides is 1. The fourth-order valence-corrected chi connectivity index (χ4v) is 3.52. The van der Waals surface area contributed by atoms with Crippen molar-refractivity contribution in [3.8, 4) is 10.6 Å². The van der Waals surface area contributed by atoms with E-state index in [4.69, 9.17) is 11.6 Å². The highest BCUT2D eigenvalue weighted by Crippen LogP contribution is 2.28. The summed E-state index contributed by atoms with van der Waals surface area (Å²) in [5, 5.41) is 0.345. The van der Waals surface area contributed by atoms with Crippen molar-refractivity contribution in [2.24, 2.45) is 0 Å². The maximum Gasteiger partial charge on any atom is 0.225 e. The molecule has 8 heteroatoms. The van der Waals surface area contributed by atoms with Crippen LogP contribution in [0.3, 0.4) is 0 Å². The molecule has 0 aliphatic heterocycles. The Hall–Kier alpha value is -1.02. The zero-order valence-electron chi connectivity index (χ0n) is 11.3. The smallest absolute Gasteiger partial charge is 0.225 e. The van der Waals surface area contributed by atoms with E-state index >= 15 is 0 Å². The molecular weight excluding hydrogens is 335 g/mol. The van der Waals surface area contributed by atoms with Gasteiger partial charge in [0.1, 0.15) is 16.0 Å². The van der Waals surface area contributed by atoms with Crippen LogP contribution in [0.2, 0.25) is 0 Å². The molecular formula is C13H14ClFN2O2S2. The molecule has 1 heterocycles. The van der Waals surface area contributed by atoms with Crippen LogP contribution in [0, 0.1) is 12.7 Å². The second kappa shape index (κ2) is 6.83. The van der Waals surface area contributed by atoms with Crippen molar-refractivity contribution in [3.05, 3.63) is 40.7 Å². The average Bonchev–Trinajstić information content (AvgIpc) is 2.81. The van der Waals surface area contributed by atoms with Crippen LogP contribution in [0.15, 0.2) is 24.3 Å². The molecule has 2 rings (SSSR count). The Labute approximate surface area is 132 Å². The van der Waals surface area contributed by atoms with Crippen molar-refractivity contribution in [2.75, 3.05) is 11.8 Å². The lowest BCUT2D eigenvalue weighted by Crippen LogP contribution is -2.26. The predicted molar refractivity (Wildman–Crippen MR) is 83.6 cm³/mol. The minimum absolute atomic E-state index is 0.279. The van der Waals surface area contributed by atoms with E-state index in [0.29, 0.717) is 6.42 Å². The van der Waals surface area contributed by atoms with Crippen LogP contribution in [0.1, 0.15) is 10.6 Å². The summed E-state index contributed by atoms with van der Waals surface area (Å²) in [5.74, 6) is -0.289. The molecule has 0 spiro atoms. The SMILES string of the molecule is Cc1nc(-c2ccc(F)cc2)sc1CCNS(=O)(=O)CCl. The molecule has 0 atom stereocenters. The quantitative estimate of drug-likeness (QED) is 0.816. The Balaban J connectivity index is 2.07. The Morgan fingerprint density at radius 3 is 2.62 bits per heavy atom. The third-order valence-electron chi connectivity index (χ3n) is 2.80. The molecule has 0 saturated carbocycles. The summed E-state index contributed by atoms with van der Waals surface area (Å²) in [6.45, 7) is 2.15. The lowest BCUT2D eigenvalue weighted by atomic mass is 10.2. The molecule has 1 N–H and O–H groups in total. The zero-order valence-corrected chi connectivity index (χ0v) is 13.7. The van der Waals surface area contributed by atoms with Crippen molar-refractivity contribution in [3.63, 3.8) is 0 Å². The summed E-state index contributed by atoms with van der Waals surface area (Å²) in [5.41, 5.74) is 1.70. The van der Waals surface area contributed by atoms with E-state index in [-0.39, 0.29) is 12.4 Å². The monoisotopic (exact) mass is 348 g/mol. The van der Waals surface area contributed by atoms with Crippen LogP contribution in [0.5, 0.6) is 0 Å². The largest absolute Gasteiger partial charge is 0.241 e. The summed E-state index contributed by atoms with van der Waals surface area (Å²) >= 11 is 6.79. The minimum atomic E-state index is -3.39. The van der Waals surface area contributed by atoms with E-state index in [1.165, 1.54) is 23.5 Å². The van der Waals surface area contributed by atoms with Gasteiger partial charge in [-0.2, -0.15) is 0 Å². The number of hydrogen-bond donors (Lipinski definition) is 1. The molecule has 0 aliphatic carbocycles. The van der Waals surface area contributed by atoms with Gasteiger partial charge in [-0.1, -0.05) is 0 Å². The molecule has 114 valence electrons. The van der Waals surface area contributed by atoms with Gasteiger partial charge in [0.25, 0.3) is 0 Å². The Morgan fingerprint density at radius 1 is 1.33 bits per heavy atom. The number of nitrogens with zero attached hydrogens (tertiary/aromatic N) is 1. The van der Waals surface area contributed by atoms with Crippen molar-refractivity contribution < 1.29 is 12.8 Å².